The summed E-state index contributed by atoms with van der Waals surface area (Å²) >= 11 is 18.1. The van der Waals surface area contributed by atoms with Crippen LogP contribution in [0.3, 0.4) is 0 Å². The van der Waals surface area contributed by atoms with Crippen molar-refractivity contribution in [2.45, 2.75) is 5.38 Å². The van der Waals surface area contributed by atoms with Crippen LogP contribution in [-0.4, -0.2) is 0 Å². The lowest BCUT2D eigenvalue weighted by Crippen LogP contribution is -1.93. The Bertz CT molecular complexity index is 536. The smallest absolute Gasteiger partial charge is 0.123 e. The Morgan fingerprint density at radius 3 is 2.41 bits per heavy atom. The van der Waals surface area contributed by atoms with E-state index >= 15 is 0 Å². The van der Waals surface area contributed by atoms with Crippen LogP contribution in [0, 0.1) is 5.82 Å². The van der Waals surface area contributed by atoms with Crippen LogP contribution in [0.25, 0.3) is 0 Å². The maximum atomic E-state index is 13.2. The van der Waals surface area contributed by atoms with Gasteiger partial charge in [0, 0.05) is 13.8 Å². The SMILES string of the molecule is Fc1ccc(Br)c(C(Cl)c2cc(Br)c(Br)s2)c1. The maximum Gasteiger partial charge on any atom is 0.123 e. The highest BCUT2D eigenvalue weighted by molar-refractivity contribution is 9.13. The molecule has 17 heavy (non-hydrogen) atoms. The minimum absolute atomic E-state index is 0.288. The van der Waals surface area contributed by atoms with Crippen molar-refractivity contribution in [2.24, 2.45) is 0 Å². The molecule has 0 spiro atoms. The first kappa shape index (κ1) is 14.0. The second kappa shape index (κ2) is 5.70. The van der Waals surface area contributed by atoms with Crippen molar-refractivity contribution in [3.63, 3.8) is 0 Å². The Kier molecular flexibility index (Phi) is 4.69. The molecular weight excluding hydrogens is 458 g/mol. The summed E-state index contributed by atoms with van der Waals surface area (Å²) in [7, 11) is 0. The lowest BCUT2D eigenvalue weighted by atomic mass is 10.1. The zero-order chi connectivity index (χ0) is 12.6. The van der Waals surface area contributed by atoms with Gasteiger partial charge in [-0.25, -0.2) is 4.39 Å². The molecule has 0 radical (unpaired) electrons. The Morgan fingerprint density at radius 2 is 1.82 bits per heavy atom. The molecule has 0 amide bonds. The molecule has 0 nitrogen and oxygen atoms in total. The van der Waals surface area contributed by atoms with Crippen molar-refractivity contribution >= 4 is 70.7 Å². The molecule has 1 aromatic heterocycles. The molecule has 2 rings (SSSR count). The zero-order valence-corrected chi connectivity index (χ0v) is 14.5. The van der Waals surface area contributed by atoms with Crippen LogP contribution < -0.4 is 0 Å². The van der Waals surface area contributed by atoms with E-state index in [1.807, 2.05) is 6.07 Å². The third kappa shape index (κ3) is 3.13. The highest BCUT2D eigenvalue weighted by Crippen LogP contribution is 2.42. The zero-order valence-electron chi connectivity index (χ0n) is 8.18. The van der Waals surface area contributed by atoms with Gasteiger partial charge in [0.1, 0.15) is 5.82 Å². The fourth-order valence-corrected chi connectivity index (χ4v) is 4.42. The van der Waals surface area contributed by atoms with Crippen molar-refractivity contribution in [3.05, 3.63) is 53.3 Å². The van der Waals surface area contributed by atoms with Gasteiger partial charge in [0.05, 0.1) is 9.16 Å². The molecule has 0 bridgehead atoms. The predicted octanol–water partition coefficient (Wildman–Crippen LogP) is 6.50. The molecule has 90 valence electrons. The van der Waals surface area contributed by atoms with Crippen LogP contribution >= 0.6 is 70.7 Å². The molecule has 6 heteroatoms. The van der Waals surface area contributed by atoms with Crippen molar-refractivity contribution in [3.8, 4) is 0 Å². The fourth-order valence-electron chi connectivity index (χ4n) is 1.35. The van der Waals surface area contributed by atoms with E-state index in [0.29, 0.717) is 0 Å². The molecule has 0 aliphatic rings. The molecule has 1 heterocycles. The lowest BCUT2D eigenvalue weighted by molar-refractivity contribution is 0.625. The van der Waals surface area contributed by atoms with Gasteiger partial charge in [-0.3, -0.25) is 0 Å². The third-order valence-corrected chi connectivity index (χ3v) is 6.79. The highest BCUT2D eigenvalue weighted by Gasteiger charge is 2.18. The molecule has 1 aromatic carbocycles. The van der Waals surface area contributed by atoms with Crippen molar-refractivity contribution in [1.82, 2.24) is 0 Å². The normalized spacial score (nSPS) is 12.8. The summed E-state index contributed by atoms with van der Waals surface area (Å²) in [6.07, 6.45) is 0. The summed E-state index contributed by atoms with van der Waals surface area (Å²) in [5.74, 6) is -0.288. The van der Waals surface area contributed by atoms with E-state index in [4.69, 9.17) is 11.6 Å². The topological polar surface area (TPSA) is 0 Å². The van der Waals surface area contributed by atoms with Crippen molar-refractivity contribution in [2.75, 3.05) is 0 Å². The first-order valence-electron chi connectivity index (χ1n) is 4.53. The molecule has 0 saturated heterocycles. The van der Waals surface area contributed by atoms with Crippen molar-refractivity contribution in [1.29, 1.82) is 0 Å². The number of alkyl halides is 1. The quantitative estimate of drug-likeness (QED) is 0.446. The van der Waals surface area contributed by atoms with Crippen LogP contribution in [0.4, 0.5) is 4.39 Å². The number of hydrogen-bond donors (Lipinski definition) is 0. The molecule has 0 saturated carbocycles. The molecule has 1 unspecified atom stereocenters. The number of hydrogen-bond acceptors (Lipinski definition) is 1. The van der Waals surface area contributed by atoms with Gasteiger partial charge in [-0.1, -0.05) is 15.9 Å². The summed E-state index contributed by atoms with van der Waals surface area (Å²) in [5.41, 5.74) is 0.730. The van der Waals surface area contributed by atoms with Crippen molar-refractivity contribution < 1.29 is 4.39 Å². The lowest BCUT2D eigenvalue weighted by Gasteiger charge is -2.10. The summed E-state index contributed by atoms with van der Waals surface area (Å²) in [4.78, 5) is 0.955. The Balaban J connectivity index is 2.42. The number of halogens is 5. The Hall–Kier alpha value is 0.580. The van der Waals surface area contributed by atoms with E-state index in [1.54, 1.807) is 6.07 Å². The van der Waals surface area contributed by atoms with Crippen LogP contribution in [0.15, 0.2) is 37.0 Å². The molecular formula is C11H5Br3ClFS. The Morgan fingerprint density at radius 1 is 1.12 bits per heavy atom. The van der Waals surface area contributed by atoms with Crippen LogP contribution in [-0.2, 0) is 0 Å². The first-order chi connectivity index (χ1) is 7.99. The monoisotopic (exact) mass is 460 g/mol. The fraction of sp³-hybridized carbons (Fsp3) is 0.0909. The van der Waals surface area contributed by atoms with Crippen LogP contribution in [0.2, 0.25) is 0 Å². The second-order valence-corrected chi connectivity index (χ2v) is 7.85. The minimum Gasteiger partial charge on any atom is -0.207 e. The van der Waals surface area contributed by atoms with Gasteiger partial charge >= 0.3 is 0 Å². The molecule has 1 atom stereocenters. The van der Waals surface area contributed by atoms with Gasteiger partial charge < -0.3 is 0 Å². The van der Waals surface area contributed by atoms with E-state index in [-0.39, 0.29) is 11.2 Å². The summed E-state index contributed by atoms with van der Waals surface area (Å²) in [5, 5.41) is -0.368. The van der Waals surface area contributed by atoms with Gasteiger partial charge in [0.15, 0.2) is 0 Å². The molecule has 2 aromatic rings. The van der Waals surface area contributed by atoms with E-state index in [1.165, 1.54) is 23.5 Å². The van der Waals surface area contributed by atoms with Gasteiger partial charge in [0.2, 0.25) is 0 Å². The largest absolute Gasteiger partial charge is 0.207 e. The standard InChI is InChI=1S/C11H5Br3ClFS/c12-7-2-1-5(16)3-6(7)10(15)9-4-8(13)11(14)17-9/h1-4,10H. The van der Waals surface area contributed by atoms with Crippen LogP contribution in [0.1, 0.15) is 15.8 Å². The molecule has 0 fully saturated rings. The van der Waals surface area contributed by atoms with E-state index in [2.05, 4.69) is 47.8 Å². The molecule has 0 aliphatic heterocycles. The predicted molar refractivity (Wildman–Crippen MR) is 81.5 cm³/mol. The van der Waals surface area contributed by atoms with E-state index in [9.17, 15) is 4.39 Å². The maximum absolute atomic E-state index is 13.2. The summed E-state index contributed by atoms with van der Waals surface area (Å²) in [6.45, 7) is 0. The average Bonchev–Trinajstić information content (AvgIpc) is 2.62. The average molecular weight is 463 g/mol. The third-order valence-electron chi connectivity index (χ3n) is 2.15. The van der Waals surface area contributed by atoms with Gasteiger partial charge in [0.25, 0.3) is 0 Å². The number of rotatable bonds is 2. The van der Waals surface area contributed by atoms with Crippen LogP contribution in [0.5, 0.6) is 0 Å². The Labute approximate surface area is 133 Å². The van der Waals surface area contributed by atoms with Gasteiger partial charge in [-0.15, -0.1) is 22.9 Å². The first-order valence-corrected chi connectivity index (χ1v) is 8.16. The van der Waals surface area contributed by atoms with E-state index < -0.39 is 0 Å². The van der Waals surface area contributed by atoms with Gasteiger partial charge in [-0.05, 0) is 61.7 Å². The van der Waals surface area contributed by atoms with Gasteiger partial charge in [-0.2, -0.15) is 0 Å². The highest BCUT2D eigenvalue weighted by atomic mass is 79.9. The number of benzene rings is 1. The second-order valence-electron chi connectivity index (χ2n) is 3.30. The summed E-state index contributed by atoms with van der Waals surface area (Å²) < 4.78 is 16.0. The minimum atomic E-state index is -0.368. The number of thiophene rings is 1. The molecule has 0 aliphatic carbocycles. The molecule has 0 N–H and O–H groups in total. The summed E-state index contributed by atoms with van der Waals surface area (Å²) in [6, 6.07) is 6.45. The van der Waals surface area contributed by atoms with E-state index in [0.717, 1.165) is 23.2 Å².